The molecule has 0 aromatic carbocycles. The molecule has 0 saturated carbocycles. The molecular weight excluding hydrogens is 344 g/mol. The summed E-state index contributed by atoms with van der Waals surface area (Å²) in [6.07, 6.45) is 31.3. The summed E-state index contributed by atoms with van der Waals surface area (Å²) in [5.41, 5.74) is 0. The Morgan fingerprint density at radius 3 is 0.536 bits per heavy atom. The third-order valence-corrected chi connectivity index (χ3v) is 5.95. The number of ether oxygens (including phenoxy) is 2. The molecule has 0 rings (SSSR count). The highest BCUT2D eigenvalue weighted by Crippen LogP contribution is 2.15. The second-order valence-corrected chi connectivity index (χ2v) is 8.76. The number of hydrogen-bond acceptors (Lipinski definition) is 2. The van der Waals surface area contributed by atoms with Gasteiger partial charge in [0.1, 0.15) is 0 Å². The Hall–Kier alpha value is -0.0800. The molecule has 0 aliphatic heterocycles. The smallest absolute Gasteiger partial charge is 0.0462 e. The van der Waals surface area contributed by atoms with Crippen LogP contribution in [0.1, 0.15) is 141 Å². The van der Waals surface area contributed by atoms with Crippen molar-refractivity contribution in [1.29, 1.82) is 0 Å². The third kappa shape index (κ3) is 25.9. The van der Waals surface area contributed by atoms with E-state index in [4.69, 9.17) is 9.47 Å². The average molecular weight is 399 g/mol. The standard InChI is InChI=1S/C26H54O2/c1-27-25-23-21-19-17-15-13-11-9-7-5-3-4-6-8-10-12-14-16-18-20-22-24-26-28-2/h3-26H2,1-2H3. The molecule has 0 fully saturated rings. The van der Waals surface area contributed by atoms with Crippen LogP contribution in [-0.4, -0.2) is 27.4 Å². The predicted molar refractivity (Wildman–Crippen MR) is 125 cm³/mol. The van der Waals surface area contributed by atoms with Crippen molar-refractivity contribution in [3.05, 3.63) is 0 Å². The quantitative estimate of drug-likeness (QED) is 0.143. The number of rotatable bonds is 25. The van der Waals surface area contributed by atoms with Gasteiger partial charge in [-0.2, -0.15) is 0 Å². The fraction of sp³-hybridized carbons (Fsp3) is 1.00. The molecule has 170 valence electrons. The molecule has 0 atom stereocenters. The van der Waals surface area contributed by atoms with E-state index in [1.165, 1.54) is 141 Å². The first-order chi connectivity index (χ1) is 13.9. The highest BCUT2D eigenvalue weighted by molar-refractivity contribution is 4.51. The zero-order valence-electron chi connectivity index (χ0n) is 19.8. The van der Waals surface area contributed by atoms with Crippen molar-refractivity contribution in [2.45, 2.75) is 141 Å². The van der Waals surface area contributed by atoms with Crippen LogP contribution in [0.15, 0.2) is 0 Å². The third-order valence-electron chi connectivity index (χ3n) is 5.95. The van der Waals surface area contributed by atoms with Crippen molar-refractivity contribution in [3.63, 3.8) is 0 Å². The van der Waals surface area contributed by atoms with Crippen molar-refractivity contribution in [2.75, 3.05) is 27.4 Å². The minimum Gasteiger partial charge on any atom is -0.385 e. The van der Waals surface area contributed by atoms with Gasteiger partial charge >= 0.3 is 0 Å². The summed E-state index contributed by atoms with van der Waals surface area (Å²) < 4.78 is 10.2. The Labute approximate surface area is 178 Å². The number of hydrogen-bond donors (Lipinski definition) is 0. The molecule has 0 aromatic heterocycles. The van der Waals surface area contributed by atoms with Gasteiger partial charge in [0.25, 0.3) is 0 Å². The summed E-state index contributed by atoms with van der Waals surface area (Å²) >= 11 is 0. The molecule has 0 aliphatic carbocycles. The van der Waals surface area contributed by atoms with Crippen molar-refractivity contribution < 1.29 is 9.47 Å². The zero-order chi connectivity index (χ0) is 20.4. The summed E-state index contributed by atoms with van der Waals surface area (Å²) in [7, 11) is 3.60. The van der Waals surface area contributed by atoms with Crippen LogP contribution in [0.3, 0.4) is 0 Å². The van der Waals surface area contributed by atoms with Gasteiger partial charge in [-0.25, -0.2) is 0 Å². The van der Waals surface area contributed by atoms with Crippen LogP contribution in [0.5, 0.6) is 0 Å². The minimum atomic E-state index is 0.941. The topological polar surface area (TPSA) is 18.5 Å². The monoisotopic (exact) mass is 398 g/mol. The van der Waals surface area contributed by atoms with E-state index in [9.17, 15) is 0 Å². The maximum Gasteiger partial charge on any atom is 0.0462 e. The van der Waals surface area contributed by atoms with Gasteiger partial charge in [0.15, 0.2) is 0 Å². The van der Waals surface area contributed by atoms with E-state index in [-0.39, 0.29) is 0 Å². The molecule has 0 amide bonds. The normalized spacial score (nSPS) is 11.4. The lowest BCUT2D eigenvalue weighted by Crippen LogP contribution is -1.88. The fourth-order valence-corrected chi connectivity index (χ4v) is 4.03. The van der Waals surface area contributed by atoms with E-state index in [1.807, 2.05) is 0 Å². The van der Waals surface area contributed by atoms with Crippen molar-refractivity contribution in [1.82, 2.24) is 0 Å². The van der Waals surface area contributed by atoms with E-state index in [0.717, 1.165) is 13.2 Å². The first-order valence-electron chi connectivity index (χ1n) is 12.9. The van der Waals surface area contributed by atoms with Crippen molar-refractivity contribution >= 4 is 0 Å². The summed E-state index contributed by atoms with van der Waals surface area (Å²) in [5.74, 6) is 0. The zero-order valence-corrected chi connectivity index (χ0v) is 19.8. The number of methoxy groups -OCH3 is 2. The van der Waals surface area contributed by atoms with Crippen LogP contribution in [0.25, 0.3) is 0 Å². The molecule has 0 bridgehead atoms. The predicted octanol–water partition coefficient (Wildman–Crippen LogP) is 8.86. The molecule has 0 saturated heterocycles. The van der Waals surface area contributed by atoms with Gasteiger partial charge in [-0.3, -0.25) is 0 Å². The summed E-state index contributed by atoms with van der Waals surface area (Å²) in [6.45, 7) is 1.88. The van der Waals surface area contributed by atoms with Crippen LogP contribution in [0.2, 0.25) is 0 Å². The molecule has 0 N–H and O–H groups in total. The molecule has 0 aliphatic rings. The van der Waals surface area contributed by atoms with Gasteiger partial charge in [-0.05, 0) is 12.8 Å². The van der Waals surface area contributed by atoms with Gasteiger partial charge < -0.3 is 9.47 Å². The maximum atomic E-state index is 5.09. The van der Waals surface area contributed by atoms with Gasteiger partial charge in [-0.15, -0.1) is 0 Å². The lowest BCUT2D eigenvalue weighted by atomic mass is 10.0. The van der Waals surface area contributed by atoms with E-state index in [1.54, 1.807) is 14.2 Å². The average Bonchev–Trinajstić information content (AvgIpc) is 2.71. The molecule has 0 spiro atoms. The first-order valence-corrected chi connectivity index (χ1v) is 12.9. The fourth-order valence-electron chi connectivity index (χ4n) is 4.03. The van der Waals surface area contributed by atoms with Gasteiger partial charge in [0.05, 0.1) is 0 Å². The van der Waals surface area contributed by atoms with Crippen LogP contribution in [0.4, 0.5) is 0 Å². The highest BCUT2D eigenvalue weighted by atomic mass is 16.5. The Morgan fingerprint density at radius 2 is 0.393 bits per heavy atom. The molecule has 28 heavy (non-hydrogen) atoms. The first kappa shape index (κ1) is 27.9. The largest absolute Gasteiger partial charge is 0.385 e. The Morgan fingerprint density at radius 1 is 0.250 bits per heavy atom. The van der Waals surface area contributed by atoms with Gasteiger partial charge in [0.2, 0.25) is 0 Å². The molecule has 2 nitrogen and oxygen atoms in total. The van der Waals surface area contributed by atoms with Crippen molar-refractivity contribution in [2.24, 2.45) is 0 Å². The van der Waals surface area contributed by atoms with E-state index in [0.29, 0.717) is 0 Å². The Kier molecular flexibility index (Phi) is 26.8. The number of unbranched alkanes of at least 4 members (excludes halogenated alkanes) is 21. The highest BCUT2D eigenvalue weighted by Gasteiger charge is 1.96. The van der Waals surface area contributed by atoms with E-state index < -0.39 is 0 Å². The molecular formula is C26H54O2. The molecule has 0 heterocycles. The second kappa shape index (κ2) is 26.9. The van der Waals surface area contributed by atoms with Crippen LogP contribution < -0.4 is 0 Å². The molecule has 0 aromatic rings. The van der Waals surface area contributed by atoms with Crippen LogP contribution in [0, 0.1) is 0 Å². The van der Waals surface area contributed by atoms with Crippen LogP contribution in [-0.2, 0) is 9.47 Å². The molecule has 2 heteroatoms. The summed E-state index contributed by atoms with van der Waals surface area (Å²) in [6, 6.07) is 0. The Balaban J connectivity index is 2.96. The lowest BCUT2D eigenvalue weighted by molar-refractivity contribution is 0.192. The lowest BCUT2D eigenvalue weighted by Gasteiger charge is -2.04. The Bertz CT molecular complexity index is 229. The maximum absolute atomic E-state index is 5.09. The van der Waals surface area contributed by atoms with Gasteiger partial charge in [0, 0.05) is 27.4 Å². The summed E-state index contributed by atoms with van der Waals surface area (Å²) in [5, 5.41) is 0. The molecule has 0 radical (unpaired) electrons. The summed E-state index contributed by atoms with van der Waals surface area (Å²) in [4.78, 5) is 0. The van der Waals surface area contributed by atoms with Gasteiger partial charge in [-0.1, -0.05) is 128 Å². The van der Waals surface area contributed by atoms with E-state index in [2.05, 4.69) is 0 Å². The SMILES string of the molecule is COCCCCCCCCCCCCCCCCCCCCCCCCOC. The second-order valence-electron chi connectivity index (χ2n) is 8.76. The molecule has 0 unspecified atom stereocenters. The van der Waals surface area contributed by atoms with Crippen LogP contribution >= 0.6 is 0 Å². The van der Waals surface area contributed by atoms with E-state index >= 15 is 0 Å². The minimum absolute atomic E-state index is 0.941. The van der Waals surface area contributed by atoms with Crippen molar-refractivity contribution in [3.8, 4) is 0 Å².